The monoisotopic (exact) mass is 365 g/mol. The highest BCUT2D eigenvalue weighted by atomic mass is 16.2. The molecule has 0 radical (unpaired) electrons. The Balaban J connectivity index is 1.62. The number of amides is 2. The van der Waals surface area contributed by atoms with E-state index in [2.05, 4.69) is 15.5 Å². The van der Waals surface area contributed by atoms with Crippen molar-refractivity contribution in [3.8, 4) is 0 Å². The Hall–Kier alpha value is -2.66. The minimum atomic E-state index is -0.157. The minimum absolute atomic E-state index is 0.00960. The molecule has 2 aromatic rings. The molecule has 0 spiro atoms. The average molecular weight is 365 g/mol. The van der Waals surface area contributed by atoms with E-state index in [-0.39, 0.29) is 17.9 Å². The zero-order valence-corrected chi connectivity index (χ0v) is 16.2. The largest absolute Gasteiger partial charge is 0.325 e. The SMILES string of the molecule is Cc1cccc(C)c1NC(=O)c1ccc(NC(=O)C(C)N2CCCC2)cc1. The lowest BCUT2D eigenvalue weighted by Gasteiger charge is -2.22. The summed E-state index contributed by atoms with van der Waals surface area (Å²) in [5.74, 6) is -0.166. The highest BCUT2D eigenvalue weighted by Crippen LogP contribution is 2.21. The van der Waals surface area contributed by atoms with Gasteiger partial charge in [0.15, 0.2) is 0 Å². The molecular formula is C22H27N3O2. The van der Waals surface area contributed by atoms with E-state index in [1.54, 1.807) is 24.3 Å². The van der Waals surface area contributed by atoms with Gasteiger partial charge in [-0.15, -0.1) is 0 Å². The van der Waals surface area contributed by atoms with Crippen LogP contribution in [0.25, 0.3) is 0 Å². The predicted molar refractivity (Wildman–Crippen MR) is 109 cm³/mol. The highest BCUT2D eigenvalue weighted by Gasteiger charge is 2.23. The first-order valence-electron chi connectivity index (χ1n) is 9.48. The van der Waals surface area contributed by atoms with Gasteiger partial charge in [-0.3, -0.25) is 14.5 Å². The molecule has 0 aromatic heterocycles. The van der Waals surface area contributed by atoms with E-state index in [4.69, 9.17) is 0 Å². The van der Waals surface area contributed by atoms with Gasteiger partial charge in [0.05, 0.1) is 6.04 Å². The number of nitrogens with zero attached hydrogens (tertiary/aromatic N) is 1. The van der Waals surface area contributed by atoms with Crippen molar-refractivity contribution in [1.82, 2.24) is 4.90 Å². The van der Waals surface area contributed by atoms with E-state index in [0.717, 1.165) is 42.7 Å². The van der Waals surface area contributed by atoms with E-state index >= 15 is 0 Å². The number of aryl methyl sites for hydroxylation is 2. The molecular weight excluding hydrogens is 338 g/mol. The van der Waals surface area contributed by atoms with Gasteiger partial charge in [0, 0.05) is 16.9 Å². The molecule has 27 heavy (non-hydrogen) atoms. The first-order chi connectivity index (χ1) is 13.0. The van der Waals surface area contributed by atoms with Gasteiger partial charge in [0.25, 0.3) is 5.91 Å². The van der Waals surface area contributed by atoms with Crippen molar-refractivity contribution < 1.29 is 9.59 Å². The quantitative estimate of drug-likeness (QED) is 0.842. The normalized spacial score (nSPS) is 15.4. The Labute approximate surface area is 160 Å². The molecule has 142 valence electrons. The fourth-order valence-electron chi connectivity index (χ4n) is 3.44. The number of para-hydroxylation sites is 1. The van der Waals surface area contributed by atoms with Crippen LogP contribution in [0, 0.1) is 13.8 Å². The summed E-state index contributed by atoms with van der Waals surface area (Å²) in [6, 6.07) is 12.8. The molecule has 0 aliphatic carbocycles. The predicted octanol–water partition coefficient (Wildman–Crippen LogP) is 3.98. The second kappa shape index (κ2) is 8.35. The van der Waals surface area contributed by atoms with Crippen molar-refractivity contribution in [2.75, 3.05) is 23.7 Å². The number of carbonyl (C=O) groups excluding carboxylic acids is 2. The molecule has 0 bridgehead atoms. The Morgan fingerprint density at radius 2 is 1.52 bits per heavy atom. The number of rotatable bonds is 5. The Bertz CT molecular complexity index is 804. The van der Waals surface area contributed by atoms with Crippen LogP contribution in [0.1, 0.15) is 41.3 Å². The fraction of sp³-hybridized carbons (Fsp3) is 0.364. The lowest BCUT2D eigenvalue weighted by atomic mass is 10.1. The van der Waals surface area contributed by atoms with Gasteiger partial charge in [0.2, 0.25) is 5.91 Å². The van der Waals surface area contributed by atoms with Gasteiger partial charge in [0.1, 0.15) is 0 Å². The third-order valence-corrected chi connectivity index (χ3v) is 5.20. The summed E-state index contributed by atoms with van der Waals surface area (Å²) in [6.45, 7) is 7.84. The first kappa shape index (κ1) is 19.1. The van der Waals surface area contributed by atoms with Gasteiger partial charge in [-0.2, -0.15) is 0 Å². The zero-order valence-electron chi connectivity index (χ0n) is 16.2. The summed E-state index contributed by atoms with van der Waals surface area (Å²) in [7, 11) is 0. The molecule has 2 aromatic carbocycles. The van der Waals surface area contributed by atoms with Crippen LogP contribution >= 0.6 is 0 Å². The molecule has 5 heteroatoms. The van der Waals surface area contributed by atoms with Crippen LogP contribution in [-0.2, 0) is 4.79 Å². The number of benzene rings is 2. The summed E-state index contributed by atoms with van der Waals surface area (Å²) in [4.78, 5) is 27.1. The summed E-state index contributed by atoms with van der Waals surface area (Å²) < 4.78 is 0. The highest BCUT2D eigenvalue weighted by molar-refractivity contribution is 6.05. The fourth-order valence-corrected chi connectivity index (χ4v) is 3.44. The van der Waals surface area contributed by atoms with Crippen LogP contribution in [0.3, 0.4) is 0 Å². The number of hydrogen-bond donors (Lipinski definition) is 2. The number of anilines is 2. The van der Waals surface area contributed by atoms with E-state index in [9.17, 15) is 9.59 Å². The molecule has 3 rings (SSSR count). The Morgan fingerprint density at radius 3 is 2.11 bits per heavy atom. The van der Waals surface area contributed by atoms with Crippen LogP contribution in [0.2, 0.25) is 0 Å². The maximum absolute atomic E-state index is 12.5. The minimum Gasteiger partial charge on any atom is -0.325 e. The van der Waals surface area contributed by atoms with E-state index in [1.807, 2.05) is 39.0 Å². The zero-order chi connectivity index (χ0) is 19.4. The van der Waals surface area contributed by atoms with Crippen LogP contribution in [0.15, 0.2) is 42.5 Å². The van der Waals surface area contributed by atoms with Crippen molar-refractivity contribution in [1.29, 1.82) is 0 Å². The van der Waals surface area contributed by atoms with Crippen molar-refractivity contribution in [3.63, 3.8) is 0 Å². The average Bonchev–Trinajstić information content (AvgIpc) is 3.19. The molecule has 5 nitrogen and oxygen atoms in total. The number of likely N-dealkylation sites (tertiary alicyclic amines) is 1. The smallest absolute Gasteiger partial charge is 0.255 e. The summed E-state index contributed by atoms with van der Waals surface area (Å²) in [6.07, 6.45) is 2.31. The first-order valence-corrected chi connectivity index (χ1v) is 9.48. The molecule has 1 atom stereocenters. The lowest BCUT2D eigenvalue weighted by molar-refractivity contribution is -0.120. The Morgan fingerprint density at radius 1 is 0.926 bits per heavy atom. The number of carbonyl (C=O) groups is 2. The van der Waals surface area contributed by atoms with Crippen molar-refractivity contribution in [2.45, 2.75) is 39.7 Å². The maximum Gasteiger partial charge on any atom is 0.255 e. The molecule has 1 aliphatic heterocycles. The van der Waals surface area contributed by atoms with Crippen molar-refractivity contribution in [3.05, 3.63) is 59.2 Å². The summed E-state index contributed by atoms with van der Waals surface area (Å²) >= 11 is 0. The summed E-state index contributed by atoms with van der Waals surface area (Å²) in [5.41, 5.74) is 4.17. The molecule has 1 unspecified atom stereocenters. The Kier molecular flexibility index (Phi) is 5.91. The van der Waals surface area contributed by atoms with E-state index in [0.29, 0.717) is 11.3 Å². The van der Waals surface area contributed by atoms with E-state index in [1.165, 1.54) is 0 Å². The second-order valence-corrected chi connectivity index (χ2v) is 7.21. The number of nitrogens with one attached hydrogen (secondary N) is 2. The molecule has 1 saturated heterocycles. The van der Waals surface area contributed by atoms with Crippen LogP contribution in [0.4, 0.5) is 11.4 Å². The topological polar surface area (TPSA) is 61.4 Å². The van der Waals surface area contributed by atoms with Crippen LogP contribution in [-0.4, -0.2) is 35.8 Å². The van der Waals surface area contributed by atoms with Crippen molar-refractivity contribution >= 4 is 23.2 Å². The van der Waals surface area contributed by atoms with Gasteiger partial charge in [-0.05, 0) is 82.1 Å². The molecule has 1 aliphatic rings. The third-order valence-electron chi connectivity index (χ3n) is 5.20. The van der Waals surface area contributed by atoms with Crippen LogP contribution in [0.5, 0.6) is 0 Å². The van der Waals surface area contributed by atoms with Gasteiger partial charge >= 0.3 is 0 Å². The molecule has 0 saturated carbocycles. The maximum atomic E-state index is 12.5. The lowest BCUT2D eigenvalue weighted by Crippen LogP contribution is -2.40. The third kappa shape index (κ3) is 4.55. The van der Waals surface area contributed by atoms with Gasteiger partial charge < -0.3 is 10.6 Å². The molecule has 2 amide bonds. The second-order valence-electron chi connectivity index (χ2n) is 7.21. The van der Waals surface area contributed by atoms with Gasteiger partial charge in [-0.25, -0.2) is 0 Å². The van der Waals surface area contributed by atoms with Crippen molar-refractivity contribution in [2.24, 2.45) is 0 Å². The molecule has 1 fully saturated rings. The molecule has 1 heterocycles. The van der Waals surface area contributed by atoms with E-state index < -0.39 is 0 Å². The van der Waals surface area contributed by atoms with Gasteiger partial charge in [-0.1, -0.05) is 18.2 Å². The standard InChI is InChI=1S/C22H27N3O2/c1-15-7-6-8-16(2)20(15)24-22(27)18-9-11-19(12-10-18)23-21(26)17(3)25-13-4-5-14-25/h6-12,17H,4-5,13-14H2,1-3H3,(H,23,26)(H,24,27). The van der Waals surface area contributed by atoms with Crippen LogP contribution < -0.4 is 10.6 Å². The summed E-state index contributed by atoms with van der Waals surface area (Å²) in [5, 5.41) is 5.92. The number of hydrogen-bond acceptors (Lipinski definition) is 3. The molecule has 2 N–H and O–H groups in total.